The van der Waals surface area contributed by atoms with E-state index in [4.69, 9.17) is 26.7 Å². The topological polar surface area (TPSA) is 166 Å². The highest BCUT2D eigenvalue weighted by molar-refractivity contribution is 6.35. The molecule has 4 aromatic heterocycles. The van der Waals surface area contributed by atoms with Gasteiger partial charge in [0, 0.05) is 13.1 Å². The molecule has 0 spiro atoms. The summed E-state index contributed by atoms with van der Waals surface area (Å²) in [6, 6.07) is 4.60. The van der Waals surface area contributed by atoms with Crippen LogP contribution in [0.5, 0.6) is 0 Å². The fraction of sp³-hybridized carbons (Fsp3) is 0.150. The number of nitrogens with two attached hydrogens (primary N) is 1. The molecular weight excluding hydrogens is 448 g/mol. The zero-order chi connectivity index (χ0) is 23.1. The van der Waals surface area contributed by atoms with Gasteiger partial charge in [0.15, 0.2) is 0 Å². The average Bonchev–Trinajstić information content (AvgIpc) is 3.45. The molecule has 33 heavy (non-hydrogen) atoms. The first-order valence-electron chi connectivity index (χ1n) is 9.82. The largest absolute Gasteiger partial charge is 0.421 e. The molecule has 5 rings (SSSR count). The fourth-order valence-electron chi connectivity index (χ4n) is 3.50. The zero-order valence-corrected chi connectivity index (χ0v) is 18.2. The molecule has 166 valence electrons. The second kappa shape index (κ2) is 7.98. The fourth-order valence-corrected chi connectivity index (χ4v) is 3.75. The van der Waals surface area contributed by atoms with Gasteiger partial charge >= 0.3 is 0 Å². The summed E-state index contributed by atoms with van der Waals surface area (Å²) in [6.07, 6.45) is 4.43. The third-order valence-electron chi connectivity index (χ3n) is 4.97. The molecule has 0 amide bonds. The SMILES string of the molecule is Cc1nnc(-c2c(N)ncnc2N[C@@H](C)c2nc3cccc(Cl)c3c(=O)n2-c2cn[nH]c2)o1. The molecule has 0 aliphatic carbocycles. The first kappa shape index (κ1) is 20.6. The maximum absolute atomic E-state index is 13.5. The molecule has 4 heterocycles. The predicted octanol–water partition coefficient (Wildman–Crippen LogP) is 2.67. The van der Waals surface area contributed by atoms with Crippen molar-refractivity contribution in [3.63, 3.8) is 0 Å². The predicted molar refractivity (Wildman–Crippen MR) is 121 cm³/mol. The Kier molecular flexibility index (Phi) is 4.98. The minimum atomic E-state index is -0.520. The highest BCUT2D eigenvalue weighted by atomic mass is 35.5. The summed E-state index contributed by atoms with van der Waals surface area (Å²) in [5.41, 5.74) is 7.08. The van der Waals surface area contributed by atoms with E-state index in [1.54, 1.807) is 31.3 Å². The molecule has 0 saturated heterocycles. The Labute approximate surface area is 190 Å². The number of nitrogens with zero attached hydrogens (tertiary/aromatic N) is 7. The number of anilines is 2. The van der Waals surface area contributed by atoms with Gasteiger partial charge in [-0.2, -0.15) is 5.10 Å². The Bertz CT molecular complexity index is 1530. The summed E-state index contributed by atoms with van der Waals surface area (Å²) in [5, 5.41) is 18.4. The van der Waals surface area contributed by atoms with Crippen LogP contribution in [0.25, 0.3) is 28.0 Å². The van der Waals surface area contributed by atoms with Gasteiger partial charge in [-0.05, 0) is 19.1 Å². The number of aryl methyl sites for hydroxylation is 1. The summed E-state index contributed by atoms with van der Waals surface area (Å²) >= 11 is 6.32. The van der Waals surface area contributed by atoms with Crippen LogP contribution in [0.4, 0.5) is 11.6 Å². The lowest BCUT2D eigenvalue weighted by atomic mass is 10.2. The lowest BCUT2D eigenvalue weighted by Crippen LogP contribution is -2.27. The number of aromatic amines is 1. The van der Waals surface area contributed by atoms with Gasteiger partial charge < -0.3 is 15.5 Å². The molecule has 5 aromatic rings. The van der Waals surface area contributed by atoms with Gasteiger partial charge in [-0.15, -0.1) is 10.2 Å². The smallest absolute Gasteiger partial charge is 0.267 e. The summed E-state index contributed by atoms with van der Waals surface area (Å²) in [7, 11) is 0. The molecule has 0 aliphatic rings. The van der Waals surface area contributed by atoms with Crippen molar-refractivity contribution >= 4 is 34.1 Å². The quantitative estimate of drug-likeness (QED) is 0.351. The van der Waals surface area contributed by atoms with Gasteiger partial charge in [0.1, 0.15) is 29.4 Å². The van der Waals surface area contributed by atoms with Crippen LogP contribution < -0.4 is 16.6 Å². The number of nitrogen functional groups attached to an aromatic ring is 1. The molecule has 0 aliphatic heterocycles. The highest BCUT2D eigenvalue weighted by Crippen LogP contribution is 2.32. The van der Waals surface area contributed by atoms with Crippen molar-refractivity contribution in [3.05, 3.63) is 64.0 Å². The van der Waals surface area contributed by atoms with Crippen LogP contribution in [-0.4, -0.2) is 39.9 Å². The second-order valence-corrected chi connectivity index (χ2v) is 7.58. The third kappa shape index (κ3) is 3.55. The molecule has 0 saturated carbocycles. The molecule has 0 fully saturated rings. The maximum atomic E-state index is 13.5. The standard InChI is InChI=1S/C20H17ClN10O2/c1-9(27-17-15(16(22)23-8-24-17)19-30-29-10(2)33-19)18-28-13-5-3-4-12(21)14(13)20(32)31(18)11-6-25-26-7-11/h3-9H,1-2H3,(H,25,26)(H3,22,23,24,27)/t9-/m0/s1. The van der Waals surface area contributed by atoms with E-state index < -0.39 is 6.04 Å². The second-order valence-electron chi connectivity index (χ2n) is 7.18. The number of hydrogen-bond donors (Lipinski definition) is 3. The van der Waals surface area contributed by atoms with E-state index in [-0.39, 0.29) is 17.3 Å². The van der Waals surface area contributed by atoms with E-state index in [1.807, 2.05) is 6.92 Å². The minimum absolute atomic E-state index is 0.161. The van der Waals surface area contributed by atoms with Gasteiger partial charge in [0.25, 0.3) is 11.4 Å². The lowest BCUT2D eigenvalue weighted by molar-refractivity contribution is 0.532. The van der Waals surface area contributed by atoms with Gasteiger partial charge in [-0.25, -0.2) is 15.0 Å². The monoisotopic (exact) mass is 464 g/mol. The molecule has 0 radical (unpaired) electrons. The number of rotatable bonds is 5. The van der Waals surface area contributed by atoms with Crippen molar-refractivity contribution in [3.8, 4) is 17.1 Å². The first-order chi connectivity index (χ1) is 15.9. The van der Waals surface area contributed by atoms with Crippen molar-refractivity contribution in [1.29, 1.82) is 0 Å². The van der Waals surface area contributed by atoms with Gasteiger partial charge in [-0.1, -0.05) is 17.7 Å². The van der Waals surface area contributed by atoms with E-state index in [0.717, 1.165) is 0 Å². The van der Waals surface area contributed by atoms with Crippen molar-refractivity contribution in [1.82, 2.24) is 39.9 Å². The van der Waals surface area contributed by atoms with Crippen molar-refractivity contribution in [2.24, 2.45) is 0 Å². The number of halogens is 1. The molecule has 1 atom stereocenters. The number of aromatic nitrogens is 8. The molecule has 0 unspecified atom stereocenters. The summed E-state index contributed by atoms with van der Waals surface area (Å²) in [6.45, 7) is 3.50. The van der Waals surface area contributed by atoms with Crippen LogP contribution >= 0.6 is 11.6 Å². The number of fused-ring (bicyclic) bond motifs is 1. The van der Waals surface area contributed by atoms with E-state index in [0.29, 0.717) is 44.7 Å². The van der Waals surface area contributed by atoms with Gasteiger partial charge in [0.2, 0.25) is 5.89 Å². The molecular formula is C20H17ClN10O2. The minimum Gasteiger partial charge on any atom is -0.421 e. The van der Waals surface area contributed by atoms with E-state index >= 15 is 0 Å². The van der Waals surface area contributed by atoms with Gasteiger partial charge in [-0.3, -0.25) is 14.5 Å². The first-order valence-corrected chi connectivity index (χ1v) is 10.2. The van der Waals surface area contributed by atoms with Crippen LogP contribution in [0.1, 0.15) is 24.7 Å². The Hall–Kier alpha value is -4.32. The van der Waals surface area contributed by atoms with Gasteiger partial charge in [0.05, 0.1) is 33.9 Å². The van der Waals surface area contributed by atoms with E-state index in [1.165, 1.54) is 17.1 Å². The Morgan fingerprint density at radius 1 is 1.27 bits per heavy atom. The summed E-state index contributed by atoms with van der Waals surface area (Å²) in [4.78, 5) is 26.5. The molecule has 13 heteroatoms. The van der Waals surface area contributed by atoms with Crippen LogP contribution in [0.15, 0.2) is 46.1 Å². The Morgan fingerprint density at radius 3 is 2.85 bits per heavy atom. The number of nitrogens with one attached hydrogen (secondary N) is 2. The van der Waals surface area contributed by atoms with E-state index in [2.05, 4.69) is 35.7 Å². The van der Waals surface area contributed by atoms with Crippen molar-refractivity contribution < 1.29 is 4.42 Å². The average molecular weight is 465 g/mol. The van der Waals surface area contributed by atoms with Crippen LogP contribution in [0.2, 0.25) is 5.02 Å². The molecule has 4 N–H and O–H groups in total. The third-order valence-corrected chi connectivity index (χ3v) is 5.29. The van der Waals surface area contributed by atoms with Crippen LogP contribution in [-0.2, 0) is 0 Å². The number of hydrogen-bond acceptors (Lipinski definition) is 10. The normalized spacial score (nSPS) is 12.2. The molecule has 12 nitrogen and oxygen atoms in total. The van der Waals surface area contributed by atoms with Crippen LogP contribution in [0, 0.1) is 6.92 Å². The lowest BCUT2D eigenvalue weighted by Gasteiger charge is -2.20. The molecule has 1 aromatic carbocycles. The Morgan fingerprint density at radius 2 is 2.12 bits per heavy atom. The van der Waals surface area contributed by atoms with Crippen molar-refractivity contribution in [2.75, 3.05) is 11.1 Å². The van der Waals surface area contributed by atoms with Crippen LogP contribution in [0.3, 0.4) is 0 Å². The molecule has 0 bridgehead atoms. The van der Waals surface area contributed by atoms with E-state index in [9.17, 15) is 4.79 Å². The van der Waals surface area contributed by atoms with Crippen molar-refractivity contribution in [2.45, 2.75) is 19.9 Å². The zero-order valence-electron chi connectivity index (χ0n) is 17.4. The maximum Gasteiger partial charge on any atom is 0.267 e. The summed E-state index contributed by atoms with van der Waals surface area (Å²) in [5.74, 6) is 1.45. The summed E-state index contributed by atoms with van der Waals surface area (Å²) < 4.78 is 6.97. The number of benzene rings is 1. The highest BCUT2D eigenvalue weighted by Gasteiger charge is 2.23. The number of H-pyrrole nitrogens is 1. The Balaban J connectivity index is 1.66.